The average Bonchev–Trinajstić information content (AvgIpc) is 3.84. The zero-order valence-electron chi connectivity index (χ0n) is 27.3. The maximum atomic E-state index is 12.7. The summed E-state index contributed by atoms with van der Waals surface area (Å²) in [6, 6.07) is 11.0. The molecule has 2 amide bonds. The molecule has 5 heterocycles. The smallest absolute Gasteiger partial charge is 0.273 e. The Balaban J connectivity index is 1.13. The Hall–Kier alpha value is -4.89. The second-order valence-electron chi connectivity index (χ2n) is 12.6. The van der Waals surface area contributed by atoms with Crippen molar-refractivity contribution in [2.75, 3.05) is 48.5 Å². The first-order chi connectivity index (χ1) is 23.1. The van der Waals surface area contributed by atoms with Crippen molar-refractivity contribution in [3.05, 3.63) is 65.9 Å². The molecular weight excluding hydrogens is 632 g/mol. The monoisotopic (exact) mass is 670 g/mol. The van der Waals surface area contributed by atoms with Gasteiger partial charge >= 0.3 is 0 Å². The zero-order valence-corrected chi connectivity index (χ0v) is 28.1. The molecule has 48 heavy (non-hydrogen) atoms. The molecule has 0 radical (unpaired) electrons. The molecule has 1 saturated carbocycles. The minimum Gasteiger partial charge on any atom is -0.364 e. The molecule has 3 aromatic heterocycles. The Morgan fingerprint density at radius 3 is 2.56 bits per heavy atom. The topological polar surface area (TPSA) is 167 Å². The van der Waals surface area contributed by atoms with Gasteiger partial charge in [0.1, 0.15) is 0 Å². The number of anilines is 4. The molecule has 2 fully saturated rings. The predicted octanol–water partition coefficient (Wildman–Crippen LogP) is 3.55. The molecule has 7 rings (SSSR count). The number of hydrogen-bond donors (Lipinski definition) is 3. The van der Waals surface area contributed by atoms with E-state index in [0.29, 0.717) is 17.1 Å². The van der Waals surface area contributed by atoms with E-state index in [-0.39, 0.29) is 41.2 Å². The van der Waals surface area contributed by atoms with Gasteiger partial charge in [0.25, 0.3) is 5.91 Å². The fourth-order valence-corrected chi connectivity index (χ4v) is 7.33. The van der Waals surface area contributed by atoms with E-state index in [1.807, 2.05) is 25.4 Å². The van der Waals surface area contributed by atoms with Gasteiger partial charge in [0.05, 0.1) is 57.4 Å². The van der Waals surface area contributed by atoms with Crippen molar-refractivity contribution in [2.24, 2.45) is 5.92 Å². The summed E-state index contributed by atoms with van der Waals surface area (Å²) in [5, 5.41) is 22.0. The van der Waals surface area contributed by atoms with Crippen molar-refractivity contribution in [1.82, 2.24) is 35.2 Å². The van der Waals surface area contributed by atoms with Crippen molar-refractivity contribution in [1.29, 1.82) is 0 Å². The number of aromatic nitrogens is 5. The molecule has 250 valence electrons. The first-order valence-electron chi connectivity index (χ1n) is 16.1. The Morgan fingerprint density at radius 2 is 1.83 bits per heavy atom. The van der Waals surface area contributed by atoms with Crippen molar-refractivity contribution >= 4 is 44.5 Å². The minimum absolute atomic E-state index is 0.00278. The quantitative estimate of drug-likeness (QED) is 0.226. The van der Waals surface area contributed by atoms with Gasteiger partial charge in [-0.15, -0.1) is 10.2 Å². The highest BCUT2D eigenvalue weighted by atomic mass is 32.2. The Morgan fingerprint density at radius 1 is 1.04 bits per heavy atom. The molecule has 0 bridgehead atoms. The number of carbonyl (C=O) groups is 2. The van der Waals surface area contributed by atoms with Crippen molar-refractivity contribution in [2.45, 2.75) is 50.2 Å². The van der Waals surface area contributed by atoms with E-state index in [1.54, 1.807) is 31.3 Å². The van der Waals surface area contributed by atoms with Gasteiger partial charge in [-0.3, -0.25) is 24.2 Å². The molecule has 0 spiro atoms. The molecular formula is C33H38N10O4S. The molecule has 2 aliphatic heterocycles. The van der Waals surface area contributed by atoms with Crippen LogP contribution in [0.15, 0.2) is 53.7 Å². The van der Waals surface area contributed by atoms with E-state index in [9.17, 15) is 18.0 Å². The van der Waals surface area contributed by atoms with E-state index >= 15 is 0 Å². The summed E-state index contributed by atoms with van der Waals surface area (Å²) in [5.74, 6) is -0.165. The number of carbonyl (C=O) groups excluding carboxylic acids is 2. The van der Waals surface area contributed by atoms with Gasteiger partial charge in [0, 0.05) is 63.0 Å². The van der Waals surface area contributed by atoms with Gasteiger partial charge in [0.15, 0.2) is 21.3 Å². The maximum Gasteiger partial charge on any atom is 0.273 e. The third-order valence-corrected chi connectivity index (χ3v) is 11.1. The third-order valence-electron chi connectivity index (χ3n) is 9.39. The number of hydrogen-bond acceptors (Lipinski definition) is 11. The number of pyridine rings is 1. The molecule has 3 N–H and O–H groups in total. The van der Waals surface area contributed by atoms with Gasteiger partial charge in [-0.25, -0.2) is 8.42 Å². The first-order valence-corrected chi connectivity index (χ1v) is 17.7. The Bertz CT molecular complexity index is 2020. The molecule has 4 aromatic rings. The van der Waals surface area contributed by atoms with Crippen molar-refractivity contribution in [3.63, 3.8) is 0 Å². The van der Waals surface area contributed by atoms with Crippen LogP contribution in [0.2, 0.25) is 0 Å². The maximum absolute atomic E-state index is 12.7. The van der Waals surface area contributed by atoms with Gasteiger partial charge in [-0.05, 0) is 38.0 Å². The van der Waals surface area contributed by atoms with E-state index in [2.05, 4.69) is 58.6 Å². The molecule has 3 aliphatic rings. The summed E-state index contributed by atoms with van der Waals surface area (Å²) < 4.78 is 26.8. The van der Waals surface area contributed by atoms with Crippen LogP contribution in [0.1, 0.15) is 60.6 Å². The van der Waals surface area contributed by atoms with E-state index in [4.69, 9.17) is 5.10 Å². The number of benzene rings is 1. The van der Waals surface area contributed by atoms with Gasteiger partial charge in [0.2, 0.25) is 5.91 Å². The molecule has 14 nitrogen and oxygen atoms in total. The number of rotatable bonds is 10. The van der Waals surface area contributed by atoms with E-state index < -0.39 is 15.7 Å². The number of fused-ring (bicyclic) bond motifs is 3. The van der Waals surface area contributed by atoms with Crippen LogP contribution in [-0.2, 0) is 21.2 Å². The fraction of sp³-hybridized carbons (Fsp3) is 0.394. The highest BCUT2D eigenvalue weighted by molar-refractivity contribution is 7.91. The molecule has 1 atom stereocenters. The van der Waals surface area contributed by atoms with Crippen LogP contribution in [0.3, 0.4) is 0 Å². The summed E-state index contributed by atoms with van der Waals surface area (Å²) in [7, 11) is 0.278. The summed E-state index contributed by atoms with van der Waals surface area (Å²) in [5.41, 5.74) is 6.14. The summed E-state index contributed by atoms with van der Waals surface area (Å²) in [6.45, 7) is 5.88. The van der Waals surface area contributed by atoms with Crippen molar-refractivity contribution in [3.8, 4) is 11.1 Å². The summed E-state index contributed by atoms with van der Waals surface area (Å²) >= 11 is 0. The molecule has 15 heteroatoms. The lowest BCUT2D eigenvalue weighted by Gasteiger charge is -2.42. The summed E-state index contributed by atoms with van der Waals surface area (Å²) in [6.07, 6.45) is 5.20. The highest BCUT2D eigenvalue weighted by Crippen LogP contribution is 2.49. The number of likely N-dealkylation sites (tertiary alicyclic amines) is 1. The molecule has 1 saturated heterocycles. The lowest BCUT2D eigenvalue weighted by atomic mass is 9.93. The number of para-hydroxylation sites is 1. The number of sulfone groups is 1. The Labute approximate surface area is 278 Å². The highest BCUT2D eigenvalue weighted by Gasteiger charge is 2.37. The zero-order chi connectivity index (χ0) is 33.7. The van der Waals surface area contributed by atoms with E-state index in [1.165, 1.54) is 7.05 Å². The Kier molecular flexibility index (Phi) is 8.11. The van der Waals surface area contributed by atoms with Gasteiger partial charge < -0.3 is 20.9 Å². The average molecular weight is 671 g/mol. The first kappa shape index (κ1) is 31.7. The molecule has 1 aromatic carbocycles. The minimum atomic E-state index is -3.29. The van der Waals surface area contributed by atoms with Crippen LogP contribution < -0.4 is 20.9 Å². The predicted molar refractivity (Wildman–Crippen MR) is 181 cm³/mol. The van der Waals surface area contributed by atoms with E-state index in [0.717, 1.165) is 59.8 Å². The van der Waals surface area contributed by atoms with Crippen LogP contribution in [0, 0.1) is 5.92 Å². The van der Waals surface area contributed by atoms with Crippen molar-refractivity contribution < 1.29 is 18.0 Å². The second kappa shape index (κ2) is 12.3. The standard InChI is InChI=1S/C33H38N10O4S/c1-5-48(46,47)23-11-12-35-21(13-23)16-42-17-22(18-42)43-30-19(2)41(4)31-24(25(30)15-36-43)7-6-8-26(31)37-27-14-28(38-32(44)20-9-10-20)39-40-29(27)33(45)34-3/h6-8,11-15,19-20,22H,5,9-10,16-18H2,1-4H3,(H,34,45)(H2,37,38,39,44). The van der Waals surface area contributed by atoms with Crippen LogP contribution >= 0.6 is 0 Å². The SMILES string of the molecule is CCS(=O)(=O)c1ccnc(CN2CC(n3ncc4c3C(C)N(C)c3c(Nc5cc(NC(=O)C6CC6)nnc5C(=O)NC)cccc3-4)C2)c1. The molecule has 1 aliphatic carbocycles. The van der Waals surface area contributed by atoms with Crippen LogP contribution in [0.25, 0.3) is 11.1 Å². The largest absolute Gasteiger partial charge is 0.364 e. The van der Waals surface area contributed by atoms with Gasteiger partial charge in [-0.2, -0.15) is 5.10 Å². The number of amides is 2. The second-order valence-corrected chi connectivity index (χ2v) is 14.8. The normalized spacial score (nSPS) is 17.7. The van der Waals surface area contributed by atoms with Crippen LogP contribution in [0.4, 0.5) is 22.9 Å². The lowest BCUT2D eigenvalue weighted by molar-refractivity contribution is -0.117. The van der Waals surface area contributed by atoms with Crippen LogP contribution in [0.5, 0.6) is 0 Å². The molecule has 1 unspecified atom stereocenters. The summed E-state index contributed by atoms with van der Waals surface area (Å²) in [4.78, 5) is 34.3. The number of nitrogens with one attached hydrogen (secondary N) is 3. The lowest BCUT2D eigenvalue weighted by Crippen LogP contribution is -2.48. The fourth-order valence-electron chi connectivity index (χ4n) is 6.42. The third kappa shape index (κ3) is 5.76. The van der Waals surface area contributed by atoms with Gasteiger partial charge in [-0.1, -0.05) is 19.1 Å². The number of nitrogens with zero attached hydrogens (tertiary/aromatic N) is 7. The van der Waals surface area contributed by atoms with Crippen LogP contribution in [-0.4, -0.2) is 83.0 Å².